The molecule has 2 N–H and O–H groups in total. The second-order valence-corrected chi connectivity index (χ2v) is 2.91. The molecule has 0 amide bonds. The highest BCUT2D eigenvalue weighted by Gasteiger charge is 2.20. The fourth-order valence-electron chi connectivity index (χ4n) is 1.05. The van der Waals surface area contributed by atoms with Gasteiger partial charge in [-0.2, -0.15) is 0 Å². The summed E-state index contributed by atoms with van der Waals surface area (Å²) in [6.45, 7) is 2.73. The van der Waals surface area contributed by atoms with Crippen LogP contribution in [0.5, 0.6) is 0 Å². The van der Waals surface area contributed by atoms with Crippen molar-refractivity contribution >= 4 is 7.85 Å². The molecule has 0 saturated carbocycles. The van der Waals surface area contributed by atoms with Gasteiger partial charge in [-0.15, -0.1) is 0 Å². The highest BCUT2D eigenvalue weighted by atomic mass is 16.5. The molecule has 11 heavy (non-hydrogen) atoms. The molecule has 1 atom stereocenters. The van der Waals surface area contributed by atoms with Gasteiger partial charge < -0.3 is 10.5 Å². The summed E-state index contributed by atoms with van der Waals surface area (Å²) in [5.74, 6) is 0. The van der Waals surface area contributed by atoms with E-state index in [1.807, 2.05) is 0 Å². The normalized spacial score (nSPS) is 16.3. The van der Waals surface area contributed by atoms with Crippen LogP contribution in [-0.4, -0.2) is 27.0 Å². The first-order valence-electron chi connectivity index (χ1n) is 4.22. The van der Waals surface area contributed by atoms with Gasteiger partial charge in [0.1, 0.15) is 7.85 Å². The lowest BCUT2D eigenvalue weighted by molar-refractivity contribution is 0.0485. The number of hydrogen-bond acceptors (Lipinski definition) is 2. The van der Waals surface area contributed by atoms with Crippen molar-refractivity contribution in [1.82, 2.24) is 0 Å². The zero-order chi connectivity index (χ0) is 8.74. The van der Waals surface area contributed by atoms with Crippen LogP contribution in [-0.2, 0) is 4.74 Å². The Hall–Kier alpha value is -0.0151. The van der Waals surface area contributed by atoms with Crippen LogP contribution in [0.15, 0.2) is 0 Å². The second kappa shape index (κ2) is 5.61. The third kappa shape index (κ3) is 4.43. The third-order valence-electron chi connectivity index (χ3n) is 1.93. The van der Waals surface area contributed by atoms with Crippen LogP contribution in [0.2, 0.25) is 0 Å². The SMILES string of the molecule is [B]C(CCN)(CCCC)OC. The molecule has 0 saturated heterocycles. The van der Waals surface area contributed by atoms with Crippen LogP contribution in [0.25, 0.3) is 0 Å². The Kier molecular flexibility index (Phi) is 5.60. The van der Waals surface area contributed by atoms with Gasteiger partial charge in [0.05, 0.1) is 0 Å². The summed E-state index contributed by atoms with van der Waals surface area (Å²) in [4.78, 5) is 0. The van der Waals surface area contributed by atoms with E-state index in [2.05, 4.69) is 6.92 Å². The molecule has 0 aliphatic carbocycles. The molecular formula is C8H18BNO. The Morgan fingerprint density at radius 3 is 2.45 bits per heavy atom. The molecule has 0 heterocycles. The molecule has 0 bridgehead atoms. The monoisotopic (exact) mass is 155 g/mol. The fraction of sp³-hybridized carbons (Fsp3) is 1.00. The number of methoxy groups -OCH3 is 1. The number of unbranched alkanes of at least 4 members (excludes halogenated alkanes) is 1. The predicted molar refractivity (Wildman–Crippen MR) is 48.7 cm³/mol. The topological polar surface area (TPSA) is 35.2 Å². The molecule has 0 aliphatic rings. The largest absolute Gasteiger partial charge is 0.388 e. The molecule has 0 aromatic rings. The highest BCUT2D eigenvalue weighted by molar-refractivity contribution is 6.14. The smallest absolute Gasteiger partial charge is 0.113 e. The van der Waals surface area contributed by atoms with E-state index in [1.165, 1.54) is 0 Å². The Bertz CT molecular complexity index is 100. The zero-order valence-electron chi connectivity index (χ0n) is 7.60. The number of rotatable bonds is 6. The van der Waals surface area contributed by atoms with Crippen LogP contribution >= 0.6 is 0 Å². The molecule has 0 spiro atoms. The maximum absolute atomic E-state index is 5.89. The number of nitrogens with two attached hydrogens (primary N) is 1. The number of hydrogen-bond donors (Lipinski definition) is 1. The second-order valence-electron chi connectivity index (χ2n) is 2.91. The Labute approximate surface area is 70.9 Å². The Morgan fingerprint density at radius 2 is 2.09 bits per heavy atom. The van der Waals surface area contributed by atoms with E-state index < -0.39 is 5.50 Å². The molecule has 2 nitrogen and oxygen atoms in total. The molecular weight excluding hydrogens is 137 g/mol. The maximum atomic E-state index is 5.89. The van der Waals surface area contributed by atoms with Gasteiger partial charge in [-0.3, -0.25) is 0 Å². The molecule has 1 unspecified atom stereocenters. The van der Waals surface area contributed by atoms with E-state index in [-0.39, 0.29) is 0 Å². The van der Waals surface area contributed by atoms with Crippen molar-refractivity contribution in [2.45, 2.75) is 38.1 Å². The van der Waals surface area contributed by atoms with Crippen LogP contribution < -0.4 is 5.73 Å². The number of ether oxygens (including phenoxy) is 1. The molecule has 0 aromatic heterocycles. The van der Waals surface area contributed by atoms with Crippen molar-refractivity contribution in [2.75, 3.05) is 13.7 Å². The molecule has 0 aromatic carbocycles. The molecule has 0 aliphatic heterocycles. The van der Waals surface area contributed by atoms with E-state index in [4.69, 9.17) is 18.3 Å². The summed E-state index contributed by atoms with van der Waals surface area (Å²) >= 11 is 0. The molecule has 0 fully saturated rings. The van der Waals surface area contributed by atoms with Crippen LogP contribution in [0.1, 0.15) is 32.6 Å². The third-order valence-corrected chi connectivity index (χ3v) is 1.93. The Morgan fingerprint density at radius 1 is 1.45 bits per heavy atom. The van der Waals surface area contributed by atoms with E-state index in [1.54, 1.807) is 7.11 Å². The van der Waals surface area contributed by atoms with Gasteiger partial charge in [-0.1, -0.05) is 19.8 Å². The molecule has 3 heteroatoms. The summed E-state index contributed by atoms with van der Waals surface area (Å²) in [7, 11) is 7.54. The standard InChI is InChI=1S/C8H18BNO/c1-3-4-5-8(9,11-2)6-7-10/h3-7,10H2,1-2H3. The van der Waals surface area contributed by atoms with E-state index in [0.717, 1.165) is 25.7 Å². The lowest BCUT2D eigenvalue weighted by atomic mass is 9.75. The first-order chi connectivity index (χ1) is 5.18. The quantitative estimate of drug-likeness (QED) is 0.581. The van der Waals surface area contributed by atoms with E-state index in [9.17, 15) is 0 Å². The van der Waals surface area contributed by atoms with Crippen molar-refractivity contribution in [3.63, 3.8) is 0 Å². The van der Waals surface area contributed by atoms with Crippen molar-refractivity contribution in [2.24, 2.45) is 5.73 Å². The Balaban J connectivity index is 3.68. The first-order valence-corrected chi connectivity index (χ1v) is 4.22. The van der Waals surface area contributed by atoms with Gasteiger partial charge in [0.2, 0.25) is 0 Å². The average molecular weight is 155 g/mol. The van der Waals surface area contributed by atoms with Crippen molar-refractivity contribution in [1.29, 1.82) is 0 Å². The lowest BCUT2D eigenvalue weighted by Gasteiger charge is -2.28. The van der Waals surface area contributed by atoms with Crippen molar-refractivity contribution < 1.29 is 4.74 Å². The van der Waals surface area contributed by atoms with Crippen LogP contribution in [0.3, 0.4) is 0 Å². The summed E-state index contributed by atoms with van der Waals surface area (Å²) < 4.78 is 5.18. The molecule has 0 rings (SSSR count). The van der Waals surface area contributed by atoms with Gasteiger partial charge in [0.25, 0.3) is 0 Å². The average Bonchev–Trinajstić information content (AvgIpc) is 2.02. The minimum Gasteiger partial charge on any atom is -0.388 e. The summed E-state index contributed by atoms with van der Waals surface area (Å²) in [5, 5.41) is 0. The zero-order valence-corrected chi connectivity index (χ0v) is 7.60. The van der Waals surface area contributed by atoms with Gasteiger partial charge in [0.15, 0.2) is 0 Å². The van der Waals surface area contributed by atoms with Gasteiger partial charge in [-0.25, -0.2) is 0 Å². The first kappa shape index (κ1) is 11.0. The minimum atomic E-state index is -0.481. The maximum Gasteiger partial charge on any atom is 0.113 e. The molecule has 64 valence electrons. The summed E-state index contributed by atoms with van der Waals surface area (Å²) in [6, 6.07) is 0. The van der Waals surface area contributed by atoms with Crippen LogP contribution in [0, 0.1) is 0 Å². The van der Waals surface area contributed by atoms with Gasteiger partial charge in [-0.05, 0) is 19.4 Å². The summed E-state index contributed by atoms with van der Waals surface area (Å²) in [5.41, 5.74) is 4.92. The predicted octanol–water partition coefficient (Wildman–Crippen LogP) is 1.04. The van der Waals surface area contributed by atoms with Gasteiger partial charge >= 0.3 is 0 Å². The van der Waals surface area contributed by atoms with Crippen LogP contribution in [0.4, 0.5) is 0 Å². The van der Waals surface area contributed by atoms with E-state index in [0.29, 0.717) is 6.54 Å². The van der Waals surface area contributed by atoms with E-state index >= 15 is 0 Å². The highest BCUT2D eigenvalue weighted by Crippen LogP contribution is 2.17. The lowest BCUT2D eigenvalue weighted by Crippen LogP contribution is -2.34. The van der Waals surface area contributed by atoms with Gasteiger partial charge in [0, 0.05) is 12.6 Å². The summed E-state index contributed by atoms with van der Waals surface area (Å²) in [6.07, 6.45) is 3.89. The van der Waals surface area contributed by atoms with Crippen molar-refractivity contribution in [3.8, 4) is 0 Å². The minimum absolute atomic E-state index is 0.481. The fourth-order valence-corrected chi connectivity index (χ4v) is 1.05. The van der Waals surface area contributed by atoms with Crippen molar-refractivity contribution in [3.05, 3.63) is 0 Å². The molecule has 2 radical (unpaired) electrons.